The molecular formula is C32H39F4N5O3. The van der Waals surface area contributed by atoms with E-state index in [1.807, 2.05) is 24.8 Å². The Morgan fingerprint density at radius 3 is 2.50 bits per heavy atom. The molecule has 8 nitrogen and oxygen atoms in total. The van der Waals surface area contributed by atoms with Crippen LogP contribution >= 0.6 is 0 Å². The van der Waals surface area contributed by atoms with Crippen LogP contribution in [0.3, 0.4) is 0 Å². The maximum absolute atomic E-state index is 13.9. The lowest BCUT2D eigenvalue weighted by Gasteiger charge is -2.36. The van der Waals surface area contributed by atoms with Crippen LogP contribution in [0.25, 0.3) is 0 Å². The highest BCUT2D eigenvalue weighted by Crippen LogP contribution is 2.39. The molecule has 3 aliphatic rings. The lowest BCUT2D eigenvalue weighted by Crippen LogP contribution is -2.44. The van der Waals surface area contributed by atoms with Crippen LogP contribution < -0.4 is 15.0 Å². The van der Waals surface area contributed by atoms with Gasteiger partial charge in [-0.15, -0.1) is 0 Å². The number of hydrogen-bond donors (Lipinski definition) is 1. The number of rotatable bonds is 8. The molecule has 1 N–H and O–H groups in total. The minimum atomic E-state index is -4.94. The Morgan fingerprint density at radius 2 is 1.82 bits per heavy atom. The third-order valence-electron chi connectivity index (χ3n) is 8.54. The molecule has 0 spiro atoms. The van der Waals surface area contributed by atoms with E-state index in [2.05, 4.69) is 20.2 Å². The van der Waals surface area contributed by atoms with Crippen molar-refractivity contribution in [1.29, 1.82) is 0 Å². The van der Waals surface area contributed by atoms with E-state index in [-0.39, 0.29) is 35.9 Å². The molecule has 1 aromatic carbocycles. The number of likely N-dealkylation sites (tertiary alicyclic amines) is 1. The molecule has 0 unspecified atom stereocenters. The number of pyridine rings is 1. The minimum absolute atomic E-state index is 0.0229. The maximum Gasteiger partial charge on any atom is 0.419 e. The number of nitrogens with one attached hydrogen (secondary N) is 1. The van der Waals surface area contributed by atoms with E-state index in [0.29, 0.717) is 56.1 Å². The number of nitrogens with zero attached hydrogens (tertiary/aromatic N) is 4. The van der Waals surface area contributed by atoms with Crippen molar-refractivity contribution in [1.82, 2.24) is 15.2 Å². The molecule has 12 heteroatoms. The van der Waals surface area contributed by atoms with Crippen LogP contribution in [0.2, 0.25) is 0 Å². The summed E-state index contributed by atoms with van der Waals surface area (Å²) in [6.45, 7) is 7.22. The van der Waals surface area contributed by atoms with Gasteiger partial charge in [-0.25, -0.2) is 9.37 Å². The van der Waals surface area contributed by atoms with Crippen molar-refractivity contribution in [2.45, 2.75) is 83.5 Å². The van der Waals surface area contributed by atoms with E-state index in [1.165, 1.54) is 19.3 Å². The Bertz CT molecular complexity index is 1380. The maximum atomic E-state index is 13.9. The predicted octanol–water partition coefficient (Wildman–Crippen LogP) is 5.79. The fourth-order valence-corrected chi connectivity index (χ4v) is 6.31. The highest BCUT2D eigenvalue weighted by atomic mass is 19.4. The van der Waals surface area contributed by atoms with Crippen LogP contribution in [0, 0.1) is 11.7 Å². The van der Waals surface area contributed by atoms with Crippen LogP contribution in [0.1, 0.15) is 80.3 Å². The number of aliphatic imine (C=N–C) groups is 1. The van der Waals surface area contributed by atoms with Gasteiger partial charge in [-0.2, -0.15) is 18.2 Å². The highest BCUT2D eigenvalue weighted by Gasteiger charge is 2.38. The molecule has 238 valence electrons. The molecule has 5 rings (SSSR count). The average molecular weight is 618 g/mol. The lowest BCUT2D eigenvalue weighted by molar-refractivity contribution is -0.140. The molecule has 44 heavy (non-hydrogen) atoms. The zero-order chi connectivity index (χ0) is 31.4. The third-order valence-corrected chi connectivity index (χ3v) is 8.54. The zero-order valence-electron chi connectivity index (χ0n) is 25.1. The van der Waals surface area contributed by atoms with Gasteiger partial charge in [-0.3, -0.25) is 14.5 Å². The summed E-state index contributed by atoms with van der Waals surface area (Å²) in [6.07, 6.45) is 3.22. The highest BCUT2D eigenvalue weighted by molar-refractivity contribution is 6.12. The zero-order valence-corrected chi connectivity index (χ0v) is 25.1. The summed E-state index contributed by atoms with van der Waals surface area (Å²) in [7, 11) is 0. The molecule has 0 radical (unpaired) electrons. The summed E-state index contributed by atoms with van der Waals surface area (Å²) in [5, 5.41) is 2.98. The van der Waals surface area contributed by atoms with Crippen LogP contribution in [0.4, 0.5) is 23.2 Å². The van der Waals surface area contributed by atoms with E-state index in [0.717, 1.165) is 37.0 Å². The first kappa shape index (κ1) is 31.9. The number of alkyl halides is 3. The number of piperidine rings is 1. The molecule has 1 aromatic heterocycles. The Kier molecular flexibility index (Phi) is 9.87. The van der Waals surface area contributed by atoms with Crippen LogP contribution in [-0.4, -0.2) is 65.9 Å². The number of ether oxygens (including phenoxy) is 1. The van der Waals surface area contributed by atoms with E-state index < -0.39 is 23.5 Å². The standard InChI is InChI=1S/C32H39F4N5O3/c1-20(2)38-30(42)21-6-9-24(10-7-21)41-27-18-29(44-15-14-40-12-4-3-5-13-40)37-19-23(27)17-28(41)39-31(43)22-8-11-26(33)25(16-22)32(34,35)36/h8,11,16,18-21,24H,3-7,9-10,12-15,17H2,1-2H3,(H,38,42). The van der Waals surface area contributed by atoms with Gasteiger partial charge < -0.3 is 15.0 Å². The number of fused-ring (bicyclic) bond motifs is 1. The Hall–Kier alpha value is -3.54. The fraction of sp³-hybridized carbons (Fsp3) is 0.562. The van der Waals surface area contributed by atoms with Gasteiger partial charge in [0, 0.05) is 54.4 Å². The molecule has 1 aliphatic carbocycles. The summed E-state index contributed by atoms with van der Waals surface area (Å²) in [6, 6.07) is 3.93. The number of benzene rings is 1. The van der Waals surface area contributed by atoms with Crippen molar-refractivity contribution in [2.24, 2.45) is 10.9 Å². The van der Waals surface area contributed by atoms with Gasteiger partial charge in [0.15, 0.2) is 0 Å². The second-order valence-electron chi connectivity index (χ2n) is 12.1. The summed E-state index contributed by atoms with van der Waals surface area (Å²) < 4.78 is 59.9. The van der Waals surface area contributed by atoms with Crippen LogP contribution in [0.5, 0.6) is 5.88 Å². The van der Waals surface area contributed by atoms with Crippen molar-refractivity contribution in [3.63, 3.8) is 0 Å². The molecule has 2 fully saturated rings. The van der Waals surface area contributed by atoms with E-state index in [4.69, 9.17) is 4.74 Å². The number of halogens is 4. The number of carbonyl (C=O) groups excluding carboxylic acids is 2. The lowest BCUT2D eigenvalue weighted by atomic mass is 9.84. The van der Waals surface area contributed by atoms with Gasteiger partial charge in [0.1, 0.15) is 18.3 Å². The van der Waals surface area contributed by atoms with E-state index >= 15 is 0 Å². The first-order valence-corrected chi connectivity index (χ1v) is 15.4. The number of amides is 2. The van der Waals surface area contributed by atoms with Crippen molar-refractivity contribution in [2.75, 3.05) is 31.1 Å². The van der Waals surface area contributed by atoms with Gasteiger partial charge in [-0.05, 0) is 83.7 Å². The molecule has 2 aromatic rings. The van der Waals surface area contributed by atoms with Crippen LogP contribution in [-0.2, 0) is 17.4 Å². The molecule has 3 heterocycles. The van der Waals surface area contributed by atoms with Crippen molar-refractivity contribution in [3.05, 3.63) is 53.0 Å². The van der Waals surface area contributed by atoms with E-state index in [9.17, 15) is 27.2 Å². The normalized spacial score (nSPS) is 21.9. The number of aromatic nitrogens is 1. The van der Waals surface area contributed by atoms with E-state index in [1.54, 1.807) is 6.20 Å². The number of anilines is 1. The quantitative estimate of drug-likeness (QED) is 0.378. The molecule has 0 bridgehead atoms. The Morgan fingerprint density at radius 1 is 1.09 bits per heavy atom. The second kappa shape index (κ2) is 13.6. The topological polar surface area (TPSA) is 87.1 Å². The van der Waals surface area contributed by atoms with Crippen LogP contribution in [0.15, 0.2) is 35.5 Å². The summed E-state index contributed by atoms with van der Waals surface area (Å²) in [4.78, 5) is 38.9. The van der Waals surface area contributed by atoms with Gasteiger partial charge in [-0.1, -0.05) is 6.42 Å². The molecule has 1 saturated carbocycles. The number of amidine groups is 1. The van der Waals surface area contributed by atoms with Gasteiger partial charge in [0.25, 0.3) is 5.91 Å². The fourth-order valence-electron chi connectivity index (χ4n) is 6.31. The van der Waals surface area contributed by atoms with Crippen molar-refractivity contribution >= 4 is 23.3 Å². The second-order valence-corrected chi connectivity index (χ2v) is 12.1. The van der Waals surface area contributed by atoms with Crippen molar-refractivity contribution in [3.8, 4) is 5.88 Å². The average Bonchev–Trinajstić information content (AvgIpc) is 3.34. The molecule has 0 atom stereocenters. The van der Waals surface area contributed by atoms with Crippen molar-refractivity contribution < 1.29 is 31.9 Å². The Balaban J connectivity index is 1.38. The molecule has 2 aliphatic heterocycles. The largest absolute Gasteiger partial charge is 0.476 e. The summed E-state index contributed by atoms with van der Waals surface area (Å²) in [5.74, 6) is -1.62. The molecular weight excluding hydrogens is 578 g/mol. The smallest absolute Gasteiger partial charge is 0.419 e. The first-order valence-electron chi connectivity index (χ1n) is 15.4. The number of hydrogen-bond acceptors (Lipinski definition) is 5. The third kappa shape index (κ3) is 7.57. The molecule has 2 amide bonds. The molecule has 1 saturated heterocycles. The first-order chi connectivity index (χ1) is 21.0. The summed E-state index contributed by atoms with van der Waals surface area (Å²) >= 11 is 0. The van der Waals surface area contributed by atoms with Gasteiger partial charge in [0.2, 0.25) is 11.8 Å². The predicted molar refractivity (Wildman–Crippen MR) is 158 cm³/mol. The van der Waals surface area contributed by atoms with Gasteiger partial charge in [0.05, 0.1) is 11.3 Å². The van der Waals surface area contributed by atoms with Gasteiger partial charge >= 0.3 is 6.18 Å². The Labute approximate surface area is 254 Å². The minimum Gasteiger partial charge on any atom is -0.476 e. The monoisotopic (exact) mass is 617 g/mol. The summed E-state index contributed by atoms with van der Waals surface area (Å²) in [5.41, 5.74) is -0.265. The number of carbonyl (C=O) groups is 2. The SMILES string of the molecule is CC(C)NC(=O)C1CCC(N2C(=NC(=O)c3ccc(F)c(C(F)(F)F)c3)Cc3cnc(OCCN4CCCCC4)cc32)CC1.